The first kappa shape index (κ1) is 14.7. The Labute approximate surface area is 121 Å². The molecule has 2 nitrogen and oxygen atoms in total. The van der Waals surface area contributed by atoms with Gasteiger partial charge in [-0.05, 0) is 41.7 Å². The van der Waals surface area contributed by atoms with Gasteiger partial charge in [0.25, 0.3) is 0 Å². The van der Waals surface area contributed by atoms with Crippen LogP contribution in [0.2, 0.25) is 5.02 Å². The van der Waals surface area contributed by atoms with E-state index in [1.807, 2.05) is 0 Å². The number of esters is 1. The summed E-state index contributed by atoms with van der Waals surface area (Å²) in [6, 6.07) is 4.46. The van der Waals surface area contributed by atoms with E-state index in [4.69, 9.17) is 16.3 Å². The van der Waals surface area contributed by atoms with Crippen LogP contribution in [-0.4, -0.2) is 18.8 Å². The van der Waals surface area contributed by atoms with Crippen LogP contribution in [0.3, 0.4) is 0 Å². The van der Waals surface area contributed by atoms with Crippen molar-refractivity contribution in [3.63, 3.8) is 0 Å². The van der Waals surface area contributed by atoms with E-state index in [9.17, 15) is 9.18 Å². The normalized spacial score (nSPS) is 16.2. The molecule has 0 saturated heterocycles. The van der Waals surface area contributed by atoms with Gasteiger partial charge in [-0.15, -0.1) is 0 Å². The monoisotopic (exact) mass is 302 g/mol. The van der Waals surface area contributed by atoms with Crippen LogP contribution in [0.25, 0.3) is 0 Å². The van der Waals surface area contributed by atoms with Gasteiger partial charge in [-0.1, -0.05) is 17.7 Å². The third kappa shape index (κ3) is 4.11. The van der Waals surface area contributed by atoms with Crippen LogP contribution in [0.5, 0.6) is 0 Å². The van der Waals surface area contributed by atoms with Crippen LogP contribution >= 0.6 is 23.4 Å². The van der Waals surface area contributed by atoms with E-state index in [1.54, 1.807) is 17.8 Å². The molecule has 1 saturated carbocycles. The van der Waals surface area contributed by atoms with E-state index < -0.39 is 0 Å². The topological polar surface area (TPSA) is 26.3 Å². The summed E-state index contributed by atoms with van der Waals surface area (Å²) in [6.45, 7) is 0. The predicted octanol–water partition coefficient (Wildman–Crippen LogP) is 4.06. The SMILES string of the molecule is COC(=O)CC1(CSCc2ccc(F)cc2Cl)CC1. The Morgan fingerprint density at radius 1 is 1.53 bits per heavy atom. The van der Waals surface area contributed by atoms with Gasteiger partial charge in [-0.25, -0.2) is 4.39 Å². The number of methoxy groups -OCH3 is 1. The average molecular weight is 303 g/mol. The summed E-state index contributed by atoms with van der Waals surface area (Å²) in [5, 5.41) is 0.463. The van der Waals surface area contributed by atoms with Crippen molar-refractivity contribution in [3.8, 4) is 0 Å². The van der Waals surface area contributed by atoms with E-state index in [1.165, 1.54) is 19.2 Å². The third-order valence-electron chi connectivity index (χ3n) is 3.39. The highest BCUT2D eigenvalue weighted by Gasteiger charge is 2.44. The third-order valence-corrected chi connectivity index (χ3v) is 5.07. The van der Waals surface area contributed by atoms with Crippen LogP contribution in [-0.2, 0) is 15.3 Å². The van der Waals surface area contributed by atoms with E-state index in [0.29, 0.717) is 11.4 Å². The molecule has 0 atom stereocenters. The van der Waals surface area contributed by atoms with Crippen LogP contribution in [0, 0.1) is 11.2 Å². The van der Waals surface area contributed by atoms with E-state index in [-0.39, 0.29) is 17.2 Å². The molecule has 0 heterocycles. The summed E-state index contributed by atoms with van der Waals surface area (Å²) >= 11 is 7.71. The van der Waals surface area contributed by atoms with Crippen molar-refractivity contribution in [2.45, 2.75) is 25.0 Å². The van der Waals surface area contributed by atoms with E-state index in [0.717, 1.165) is 29.9 Å². The van der Waals surface area contributed by atoms with Crippen molar-refractivity contribution in [2.75, 3.05) is 12.9 Å². The van der Waals surface area contributed by atoms with Gasteiger partial charge in [0.05, 0.1) is 13.5 Å². The second-order valence-electron chi connectivity index (χ2n) is 4.98. The Morgan fingerprint density at radius 3 is 2.84 bits per heavy atom. The number of ether oxygens (including phenoxy) is 1. The van der Waals surface area contributed by atoms with Crippen molar-refractivity contribution in [2.24, 2.45) is 5.41 Å². The zero-order valence-corrected chi connectivity index (χ0v) is 12.3. The second kappa shape index (κ2) is 6.14. The largest absolute Gasteiger partial charge is 0.469 e. The summed E-state index contributed by atoms with van der Waals surface area (Å²) in [4.78, 5) is 11.3. The zero-order valence-electron chi connectivity index (χ0n) is 10.7. The molecule has 0 amide bonds. The number of hydrogen-bond donors (Lipinski definition) is 0. The van der Waals surface area contributed by atoms with E-state index >= 15 is 0 Å². The highest BCUT2D eigenvalue weighted by Crippen LogP contribution is 2.51. The van der Waals surface area contributed by atoms with Gasteiger partial charge in [0, 0.05) is 10.8 Å². The number of thioether (sulfide) groups is 1. The molecule has 2 rings (SSSR count). The standard InChI is InChI=1S/C14H16ClFO2S/c1-18-13(17)7-14(4-5-14)9-19-8-10-2-3-11(16)6-12(10)15/h2-3,6H,4-5,7-9H2,1H3. The lowest BCUT2D eigenvalue weighted by atomic mass is 10.1. The number of hydrogen-bond acceptors (Lipinski definition) is 3. The highest BCUT2D eigenvalue weighted by molar-refractivity contribution is 7.98. The molecule has 1 aromatic rings. The number of halogens is 2. The molecule has 19 heavy (non-hydrogen) atoms. The molecule has 1 aliphatic rings. The highest BCUT2D eigenvalue weighted by atomic mass is 35.5. The summed E-state index contributed by atoms with van der Waals surface area (Å²) < 4.78 is 17.6. The summed E-state index contributed by atoms with van der Waals surface area (Å²) in [7, 11) is 1.42. The fourth-order valence-electron chi connectivity index (χ4n) is 1.94. The fraction of sp³-hybridized carbons (Fsp3) is 0.500. The molecule has 5 heteroatoms. The molecule has 0 aromatic heterocycles. The molecule has 0 spiro atoms. The molecule has 0 bridgehead atoms. The molecule has 1 aromatic carbocycles. The van der Waals surface area contributed by atoms with Gasteiger partial charge in [-0.2, -0.15) is 11.8 Å². The fourth-order valence-corrected chi connectivity index (χ4v) is 3.65. The van der Waals surface area contributed by atoms with Crippen molar-refractivity contribution in [1.82, 2.24) is 0 Å². The molecule has 0 radical (unpaired) electrons. The Balaban J connectivity index is 1.82. The number of rotatable bonds is 6. The molecule has 0 N–H and O–H groups in total. The van der Waals surface area contributed by atoms with Crippen LogP contribution in [0.4, 0.5) is 4.39 Å². The van der Waals surface area contributed by atoms with Crippen molar-refractivity contribution in [3.05, 3.63) is 34.6 Å². The van der Waals surface area contributed by atoms with Gasteiger partial charge >= 0.3 is 5.97 Å². The first-order valence-corrected chi connectivity index (χ1v) is 7.66. The molecule has 104 valence electrons. The quantitative estimate of drug-likeness (QED) is 0.741. The minimum Gasteiger partial charge on any atom is -0.469 e. The molecular formula is C14H16ClFO2S. The lowest BCUT2D eigenvalue weighted by molar-refractivity contribution is -0.141. The maximum Gasteiger partial charge on any atom is 0.306 e. The minimum atomic E-state index is -0.317. The van der Waals surface area contributed by atoms with Gasteiger partial charge in [0.2, 0.25) is 0 Å². The Morgan fingerprint density at radius 2 is 2.26 bits per heavy atom. The molecule has 1 aliphatic carbocycles. The molecular weight excluding hydrogens is 287 g/mol. The first-order chi connectivity index (χ1) is 9.04. The van der Waals surface area contributed by atoms with Crippen LogP contribution in [0.15, 0.2) is 18.2 Å². The summed E-state index contributed by atoms with van der Waals surface area (Å²) in [5.74, 6) is 1.19. The van der Waals surface area contributed by atoms with Gasteiger partial charge in [0.15, 0.2) is 0 Å². The smallest absolute Gasteiger partial charge is 0.306 e. The molecule has 1 fully saturated rings. The second-order valence-corrected chi connectivity index (χ2v) is 6.37. The summed E-state index contributed by atoms with van der Waals surface area (Å²) in [6.07, 6.45) is 2.64. The van der Waals surface area contributed by atoms with Gasteiger partial charge in [-0.3, -0.25) is 4.79 Å². The zero-order chi connectivity index (χ0) is 13.9. The van der Waals surface area contributed by atoms with Gasteiger partial charge in [0.1, 0.15) is 5.82 Å². The van der Waals surface area contributed by atoms with Crippen molar-refractivity contribution < 1.29 is 13.9 Å². The summed E-state index contributed by atoms with van der Waals surface area (Å²) in [5.41, 5.74) is 1.05. The number of benzene rings is 1. The predicted molar refractivity (Wildman–Crippen MR) is 75.9 cm³/mol. The number of carbonyl (C=O) groups is 1. The maximum absolute atomic E-state index is 12.9. The lowest BCUT2D eigenvalue weighted by Crippen LogP contribution is -2.13. The first-order valence-electron chi connectivity index (χ1n) is 6.13. The Hall–Kier alpha value is -0.740. The van der Waals surface area contributed by atoms with Gasteiger partial charge < -0.3 is 4.74 Å². The van der Waals surface area contributed by atoms with E-state index in [2.05, 4.69) is 0 Å². The van der Waals surface area contributed by atoms with Crippen molar-refractivity contribution in [1.29, 1.82) is 0 Å². The average Bonchev–Trinajstić information content (AvgIpc) is 3.12. The number of carbonyl (C=O) groups excluding carboxylic acids is 1. The van der Waals surface area contributed by atoms with Crippen LogP contribution < -0.4 is 0 Å². The minimum absolute atomic E-state index is 0.115. The lowest BCUT2D eigenvalue weighted by Gasteiger charge is -2.13. The Bertz CT molecular complexity index is 475. The Kier molecular flexibility index (Phi) is 4.74. The van der Waals surface area contributed by atoms with Crippen LogP contribution in [0.1, 0.15) is 24.8 Å². The maximum atomic E-state index is 12.9. The molecule has 0 aliphatic heterocycles. The molecule has 0 unspecified atom stereocenters. The van der Waals surface area contributed by atoms with Crippen molar-refractivity contribution >= 4 is 29.3 Å².